The molecule has 1 aromatic carbocycles. The van der Waals surface area contributed by atoms with Crippen molar-refractivity contribution in [2.45, 2.75) is 31.7 Å². The van der Waals surface area contributed by atoms with Crippen molar-refractivity contribution in [3.05, 3.63) is 52.8 Å². The summed E-state index contributed by atoms with van der Waals surface area (Å²) < 4.78 is 22.2. The number of hydrogen-bond acceptors (Lipinski definition) is 3. The van der Waals surface area contributed by atoms with Crippen LogP contribution in [0.2, 0.25) is 0 Å². The summed E-state index contributed by atoms with van der Waals surface area (Å²) in [5, 5.41) is 0. The number of methoxy groups -OCH3 is 1. The quantitative estimate of drug-likeness (QED) is 0.723. The maximum Gasteiger partial charge on any atom is 0.308 e. The van der Waals surface area contributed by atoms with Gasteiger partial charge in [0.1, 0.15) is 5.82 Å². The molecule has 0 aliphatic heterocycles. The van der Waals surface area contributed by atoms with Gasteiger partial charge in [-0.1, -0.05) is 22.0 Å². The molecule has 1 heterocycles. The normalized spacial score (nSPS) is 22.1. The molecule has 0 amide bonds. The fourth-order valence-corrected chi connectivity index (χ4v) is 4.27. The van der Waals surface area contributed by atoms with Crippen molar-refractivity contribution in [1.29, 1.82) is 0 Å². The molecule has 0 saturated heterocycles. The molecule has 1 saturated carbocycles. The lowest BCUT2D eigenvalue weighted by Crippen LogP contribution is -2.29. The van der Waals surface area contributed by atoms with Crippen LogP contribution in [0.25, 0.3) is 0 Å². The average molecular weight is 395 g/mol. The number of benzene rings is 1. The lowest BCUT2D eigenvalue weighted by atomic mass is 9.76. The molecule has 1 atom stereocenters. The molecular weight excluding hydrogens is 375 g/mol. The third-order valence-corrected chi connectivity index (χ3v) is 5.59. The highest BCUT2D eigenvalue weighted by molar-refractivity contribution is 9.10. The topological polar surface area (TPSA) is 44.1 Å². The smallest absolute Gasteiger partial charge is 0.308 e. The van der Waals surface area contributed by atoms with E-state index in [0.29, 0.717) is 5.56 Å². The maximum atomic E-state index is 14.6. The van der Waals surface area contributed by atoms with Crippen molar-refractivity contribution >= 4 is 21.9 Å². The molecule has 6 heteroatoms. The third-order valence-electron chi connectivity index (χ3n) is 4.89. The van der Waals surface area contributed by atoms with Gasteiger partial charge in [-0.25, -0.2) is 9.37 Å². The fourth-order valence-electron chi connectivity index (χ4n) is 3.69. The molecule has 0 N–H and O–H groups in total. The van der Waals surface area contributed by atoms with E-state index in [4.69, 9.17) is 4.74 Å². The summed E-state index contributed by atoms with van der Waals surface area (Å²) >= 11 is 3.50. The highest BCUT2D eigenvalue weighted by Gasteiger charge is 2.34. The Morgan fingerprint density at radius 1 is 1.38 bits per heavy atom. The second-order valence-corrected chi connectivity index (χ2v) is 7.08. The highest BCUT2D eigenvalue weighted by Crippen LogP contribution is 2.42. The zero-order chi connectivity index (χ0) is 17.1. The number of halogens is 2. The van der Waals surface area contributed by atoms with E-state index >= 15 is 0 Å². The predicted molar refractivity (Wildman–Crippen MR) is 91.9 cm³/mol. The molecule has 1 aromatic heterocycles. The zero-order valence-electron chi connectivity index (χ0n) is 13.5. The van der Waals surface area contributed by atoms with Crippen molar-refractivity contribution in [3.8, 4) is 0 Å². The Hall–Kier alpha value is -1.69. The van der Waals surface area contributed by atoms with Crippen LogP contribution in [0.1, 0.15) is 37.3 Å². The minimum Gasteiger partial charge on any atom is -0.469 e. The van der Waals surface area contributed by atoms with Gasteiger partial charge < -0.3 is 9.30 Å². The second-order valence-electron chi connectivity index (χ2n) is 6.22. The number of aromatic nitrogens is 2. The van der Waals surface area contributed by atoms with Crippen molar-refractivity contribution < 1.29 is 13.9 Å². The second kappa shape index (κ2) is 7.47. The van der Waals surface area contributed by atoms with Gasteiger partial charge in [-0.15, -0.1) is 0 Å². The van der Waals surface area contributed by atoms with Crippen LogP contribution in [-0.2, 0) is 9.53 Å². The van der Waals surface area contributed by atoms with Crippen LogP contribution in [0, 0.1) is 17.7 Å². The summed E-state index contributed by atoms with van der Waals surface area (Å²) in [6, 6.07) is 4.91. The molecule has 0 bridgehead atoms. The van der Waals surface area contributed by atoms with E-state index in [9.17, 15) is 9.18 Å². The third kappa shape index (κ3) is 3.38. The first-order chi connectivity index (χ1) is 11.6. The van der Waals surface area contributed by atoms with Crippen molar-refractivity contribution in [2.75, 3.05) is 7.11 Å². The number of carbonyl (C=O) groups excluding carboxylic acids is 1. The molecule has 0 unspecified atom stereocenters. The van der Waals surface area contributed by atoms with E-state index in [-0.39, 0.29) is 29.7 Å². The fraction of sp³-hybridized carbons (Fsp3) is 0.444. The maximum absolute atomic E-state index is 14.6. The number of hydrogen-bond donors (Lipinski definition) is 0. The molecular formula is C18H20BrFN2O2. The average Bonchev–Trinajstić information content (AvgIpc) is 3.12. The van der Waals surface area contributed by atoms with Gasteiger partial charge >= 0.3 is 5.97 Å². The first kappa shape index (κ1) is 17.1. The summed E-state index contributed by atoms with van der Waals surface area (Å²) in [5.74, 6) is -0.162. The predicted octanol–water partition coefficient (Wildman–Crippen LogP) is 4.35. The van der Waals surface area contributed by atoms with E-state index in [1.54, 1.807) is 18.6 Å². The number of esters is 1. The molecule has 0 spiro atoms. The molecule has 1 fully saturated rings. The van der Waals surface area contributed by atoms with Gasteiger partial charge in [0, 0.05) is 22.4 Å². The Kier molecular flexibility index (Phi) is 5.33. The van der Waals surface area contributed by atoms with E-state index < -0.39 is 0 Å². The zero-order valence-corrected chi connectivity index (χ0v) is 15.1. The number of imidazole rings is 1. The highest BCUT2D eigenvalue weighted by atomic mass is 79.9. The monoisotopic (exact) mass is 394 g/mol. The molecule has 1 aliphatic carbocycles. The van der Waals surface area contributed by atoms with Crippen molar-refractivity contribution in [3.63, 3.8) is 0 Å². The largest absolute Gasteiger partial charge is 0.469 e. The number of ether oxygens (including phenoxy) is 1. The standard InChI is InChI=1S/C18H20BrFN2O2/c1-24-18(23)13-7-5-12(6-8-13)17(22-10-9-21-11-22)16-14(19)3-2-4-15(16)20/h2-4,9-13,17H,5-8H2,1H3/t12?,13?,17-/m1/s1. The van der Waals surface area contributed by atoms with E-state index in [2.05, 4.69) is 20.9 Å². The Labute approximate surface area is 149 Å². The number of rotatable bonds is 4. The molecule has 4 nitrogen and oxygen atoms in total. The SMILES string of the molecule is COC(=O)C1CCC([C@H](c2c(F)cccc2Br)n2ccnc2)CC1. The molecule has 0 radical (unpaired) electrons. The number of carbonyl (C=O) groups is 1. The molecule has 2 aromatic rings. The first-order valence-corrected chi connectivity index (χ1v) is 8.90. The van der Waals surface area contributed by atoms with Crippen LogP contribution >= 0.6 is 15.9 Å². The summed E-state index contributed by atoms with van der Waals surface area (Å²) in [7, 11) is 1.43. The van der Waals surface area contributed by atoms with Crippen LogP contribution < -0.4 is 0 Å². The Balaban J connectivity index is 1.89. The molecule has 3 rings (SSSR count). The Morgan fingerprint density at radius 3 is 2.71 bits per heavy atom. The van der Waals surface area contributed by atoms with Crippen molar-refractivity contribution in [2.24, 2.45) is 11.8 Å². The summed E-state index contributed by atoms with van der Waals surface area (Å²) in [6.07, 6.45) is 8.56. The minimum atomic E-state index is -0.224. The van der Waals surface area contributed by atoms with Gasteiger partial charge in [-0.05, 0) is 43.7 Å². The number of nitrogens with zero attached hydrogens (tertiary/aromatic N) is 2. The van der Waals surface area contributed by atoms with Crippen LogP contribution in [0.15, 0.2) is 41.4 Å². The van der Waals surface area contributed by atoms with Crippen molar-refractivity contribution in [1.82, 2.24) is 9.55 Å². The van der Waals surface area contributed by atoms with E-state index in [1.165, 1.54) is 13.2 Å². The summed E-state index contributed by atoms with van der Waals surface area (Å²) in [4.78, 5) is 15.9. The minimum absolute atomic E-state index is 0.0428. The van der Waals surface area contributed by atoms with E-state index in [0.717, 1.165) is 30.2 Å². The summed E-state index contributed by atoms with van der Waals surface area (Å²) in [6.45, 7) is 0. The summed E-state index contributed by atoms with van der Waals surface area (Å²) in [5.41, 5.74) is 0.650. The van der Waals surface area contributed by atoms with Gasteiger partial charge in [-0.2, -0.15) is 0 Å². The Morgan fingerprint density at radius 2 is 2.12 bits per heavy atom. The van der Waals surface area contributed by atoms with Crippen LogP contribution in [0.4, 0.5) is 4.39 Å². The lowest BCUT2D eigenvalue weighted by Gasteiger charge is -2.34. The van der Waals surface area contributed by atoms with Gasteiger partial charge in [-0.3, -0.25) is 4.79 Å². The van der Waals surface area contributed by atoms with E-state index in [1.807, 2.05) is 16.8 Å². The van der Waals surface area contributed by atoms with Gasteiger partial charge in [0.25, 0.3) is 0 Å². The Bertz CT molecular complexity index is 677. The molecule has 24 heavy (non-hydrogen) atoms. The first-order valence-electron chi connectivity index (χ1n) is 8.11. The van der Waals surface area contributed by atoms with Gasteiger partial charge in [0.05, 0.1) is 25.4 Å². The lowest BCUT2D eigenvalue weighted by molar-refractivity contribution is -0.146. The van der Waals surface area contributed by atoms with Crippen LogP contribution in [0.3, 0.4) is 0 Å². The van der Waals surface area contributed by atoms with Gasteiger partial charge in [0.2, 0.25) is 0 Å². The van der Waals surface area contributed by atoms with Crippen LogP contribution in [-0.4, -0.2) is 22.6 Å². The molecule has 128 valence electrons. The van der Waals surface area contributed by atoms with Gasteiger partial charge in [0.15, 0.2) is 0 Å². The molecule has 1 aliphatic rings. The van der Waals surface area contributed by atoms with Crippen LogP contribution in [0.5, 0.6) is 0 Å².